The lowest BCUT2D eigenvalue weighted by atomic mass is 10.1. The van der Waals surface area contributed by atoms with Crippen molar-refractivity contribution in [3.8, 4) is 11.5 Å². The van der Waals surface area contributed by atoms with E-state index in [-0.39, 0.29) is 5.91 Å². The number of hydrogen-bond donors (Lipinski definition) is 2. The number of amides is 1. The average molecular weight is 362 g/mol. The van der Waals surface area contributed by atoms with E-state index < -0.39 is 6.17 Å². The van der Waals surface area contributed by atoms with E-state index in [4.69, 9.17) is 9.47 Å². The molecule has 7 nitrogen and oxygen atoms in total. The van der Waals surface area contributed by atoms with Crippen molar-refractivity contribution in [3.63, 3.8) is 0 Å². The molecule has 0 aliphatic carbocycles. The summed E-state index contributed by atoms with van der Waals surface area (Å²) in [4.78, 5) is 20.5. The molecule has 1 aliphatic heterocycles. The number of aromatic nitrogens is 2. The highest BCUT2D eigenvalue weighted by Gasteiger charge is 2.25. The largest absolute Gasteiger partial charge is 0.493 e. The molecule has 3 aromatic rings. The lowest BCUT2D eigenvalue weighted by Gasteiger charge is -2.27. The first-order valence-corrected chi connectivity index (χ1v) is 8.46. The molecule has 1 aliphatic rings. The molecule has 0 saturated carbocycles. The SMILES string of the molecule is COc1cc(C2NC(=O)c3cccnc3N2)ccc1OCc1ccncc1. The molecule has 1 unspecified atom stereocenters. The summed E-state index contributed by atoms with van der Waals surface area (Å²) in [7, 11) is 1.59. The Morgan fingerprint density at radius 1 is 1.04 bits per heavy atom. The van der Waals surface area contributed by atoms with Crippen LogP contribution in [0.4, 0.5) is 5.82 Å². The first-order chi connectivity index (χ1) is 13.2. The highest BCUT2D eigenvalue weighted by atomic mass is 16.5. The first-order valence-electron chi connectivity index (χ1n) is 8.46. The minimum absolute atomic E-state index is 0.168. The van der Waals surface area contributed by atoms with E-state index in [0.29, 0.717) is 29.5 Å². The molecule has 1 atom stereocenters. The van der Waals surface area contributed by atoms with Crippen molar-refractivity contribution in [2.24, 2.45) is 0 Å². The Balaban J connectivity index is 1.54. The van der Waals surface area contributed by atoms with Gasteiger partial charge in [0.2, 0.25) is 0 Å². The van der Waals surface area contributed by atoms with Gasteiger partial charge in [0.25, 0.3) is 5.91 Å². The van der Waals surface area contributed by atoms with E-state index in [9.17, 15) is 4.79 Å². The molecule has 0 bridgehead atoms. The molecule has 0 radical (unpaired) electrons. The fraction of sp³-hybridized carbons (Fsp3) is 0.150. The fourth-order valence-corrected chi connectivity index (χ4v) is 2.87. The van der Waals surface area contributed by atoms with Crippen LogP contribution >= 0.6 is 0 Å². The summed E-state index contributed by atoms with van der Waals surface area (Å²) in [5, 5.41) is 6.15. The molecule has 136 valence electrons. The van der Waals surface area contributed by atoms with Crippen molar-refractivity contribution in [2.45, 2.75) is 12.8 Å². The molecule has 1 amide bonds. The molecule has 27 heavy (non-hydrogen) atoms. The number of methoxy groups -OCH3 is 1. The Morgan fingerprint density at radius 2 is 1.89 bits per heavy atom. The predicted octanol–water partition coefficient (Wildman–Crippen LogP) is 2.92. The van der Waals surface area contributed by atoms with Gasteiger partial charge in [-0.15, -0.1) is 0 Å². The highest BCUT2D eigenvalue weighted by molar-refractivity contribution is 6.00. The van der Waals surface area contributed by atoms with E-state index in [2.05, 4.69) is 20.6 Å². The third-order valence-corrected chi connectivity index (χ3v) is 4.27. The lowest BCUT2D eigenvalue weighted by molar-refractivity contribution is 0.0935. The number of carbonyl (C=O) groups is 1. The van der Waals surface area contributed by atoms with Gasteiger partial charge >= 0.3 is 0 Å². The van der Waals surface area contributed by atoms with Crippen LogP contribution in [-0.4, -0.2) is 23.0 Å². The molecular weight excluding hydrogens is 344 g/mol. The van der Waals surface area contributed by atoms with Crippen molar-refractivity contribution >= 4 is 11.7 Å². The van der Waals surface area contributed by atoms with Crippen LogP contribution in [0.2, 0.25) is 0 Å². The van der Waals surface area contributed by atoms with Gasteiger partial charge in [-0.2, -0.15) is 0 Å². The Labute approximate surface area is 156 Å². The van der Waals surface area contributed by atoms with Crippen LogP contribution in [0, 0.1) is 0 Å². The quantitative estimate of drug-likeness (QED) is 0.726. The van der Waals surface area contributed by atoms with Crippen LogP contribution in [0.15, 0.2) is 61.1 Å². The van der Waals surface area contributed by atoms with Crippen molar-refractivity contribution in [1.29, 1.82) is 0 Å². The highest BCUT2D eigenvalue weighted by Crippen LogP contribution is 2.32. The normalized spacial score (nSPS) is 15.3. The summed E-state index contributed by atoms with van der Waals surface area (Å²) in [6, 6.07) is 12.8. The number of pyridine rings is 2. The van der Waals surface area contributed by atoms with Gasteiger partial charge in [0.1, 0.15) is 18.6 Å². The minimum atomic E-state index is -0.400. The van der Waals surface area contributed by atoms with Gasteiger partial charge in [0.15, 0.2) is 11.5 Å². The summed E-state index contributed by atoms with van der Waals surface area (Å²) in [5.41, 5.74) is 2.38. The van der Waals surface area contributed by atoms with Crippen LogP contribution < -0.4 is 20.1 Å². The fourth-order valence-electron chi connectivity index (χ4n) is 2.87. The Morgan fingerprint density at radius 3 is 2.70 bits per heavy atom. The second-order valence-electron chi connectivity index (χ2n) is 6.00. The third-order valence-electron chi connectivity index (χ3n) is 4.27. The molecule has 1 aromatic carbocycles. The van der Waals surface area contributed by atoms with Gasteiger partial charge < -0.3 is 20.1 Å². The lowest BCUT2D eigenvalue weighted by Crippen LogP contribution is -2.38. The van der Waals surface area contributed by atoms with E-state index in [1.807, 2.05) is 30.3 Å². The number of fused-ring (bicyclic) bond motifs is 1. The van der Waals surface area contributed by atoms with Gasteiger partial charge in [-0.3, -0.25) is 9.78 Å². The molecule has 4 rings (SSSR count). The number of hydrogen-bond acceptors (Lipinski definition) is 6. The maximum absolute atomic E-state index is 12.3. The number of anilines is 1. The Bertz CT molecular complexity index is 962. The van der Waals surface area contributed by atoms with Crippen molar-refractivity contribution in [2.75, 3.05) is 12.4 Å². The summed E-state index contributed by atoms with van der Waals surface area (Å²) < 4.78 is 11.3. The topological polar surface area (TPSA) is 85.4 Å². The molecule has 0 fully saturated rings. The maximum atomic E-state index is 12.3. The molecular formula is C20H18N4O3. The molecule has 7 heteroatoms. The number of nitrogens with zero attached hydrogens (tertiary/aromatic N) is 2. The van der Waals surface area contributed by atoms with E-state index >= 15 is 0 Å². The van der Waals surface area contributed by atoms with Gasteiger partial charge in [-0.1, -0.05) is 6.07 Å². The number of carbonyl (C=O) groups excluding carboxylic acids is 1. The summed E-state index contributed by atoms with van der Waals surface area (Å²) in [6.07, 6.45) is 4.70. The van der Waals surface area contributed by atoms with E-state index in [1.54, 1.807) is 37.8 Å². The van der Waals surface area contributed by atoms with E-state index in [0.717, 1.165) is 11.1 Å². The minimum Gasteiger partial charge on any atom is -0.493 e. The van der Waals surface area contributed by atoms with Crippen LogP contribution in [0.5, 0.6) is 11.5 Å². The van der Waals surface area contributed by atoms with Crippen LogP contribution in [0.1, 0.15) is 27.7 Å². The Kier molecular flexibility index (Phi) is 4.57. The number of benzene rings is 1. The number of rotatable bonds is 5. The van der Waals surface area contributed by atoms with Gasteiger partial charge in [-0.05, 0) is 47.5 Å². The summed E-state index contributed by atoms with van der Waals surface area (Å²) in [5.74, 6) is 1.60. The van der Waals surface area contributed by atoms with Crippen LogP contribution in [0.25, 0.3) is 0 Å². The second-order valence-corrected chi connectivity index (χ2v) is 6.00. The smallest absolute Gasteiger partial charge is 0.256 e. The van der Waals surface area contributed by atoms with E-state index in [1.165, 1.54) is 0 Å². The monoisotopic (exact) mass is 362 g/mol. The summed E-state index contributed by atoms with van der Waals surface area (Å²) in [6.45, 7) is 0.411. The zero-order chi connectivity index (χ0) is 18.6. The average Bonchev–Trinajstić information content (AvgIpc) is 2.73. The van der Waals surface area contributed by atoms with Gasteiger partial charge in [0, 0.05) is 18.6 Å². The molecule has 3 heterocycles. The van der Waals surface area contributed by atoms with Crippen LogP contribution in [0.3, 0.4) is 0 Å². The number of ether oxygens (including phenoxy) is 2. The zero-order valence-electron chi connectivity index (χ0n) is 14.7. The molecule has 0 saturated heterocycles. The van der Waals surface area contributed by atoms with Crippen LogP contribution in [-0.2, 0) is 6.61 Å². The maximum Gasteiger partial charge on any atom is 0.256 e. The molecule has 2 aromatic heterocycles. The first kappa shape index (κ1) is 16.8. The number of nitrogens with one attached hydrogen (secondary N) is 2. The zero-order valence-corrected chi connectivity index (χ0v) is 14.7. The van der Waals surface area contributed by atoms with Crippen molar-refractivity contribution in [3.05, 3.63) is 77.7 Å². The van der Waals surface area contributed by atoms with Gasteiger partial charge in [0.05, 0.1) is 12.7 Å². The Hall–Kier alpha value is -3.61. The van der Waals surface area contributed by atoms with Crippen molar-refractivity contribution < 1.29 is 14.3 Å². The predicted molar refractivity (Wildman–Crippen MR) is 99.6 cm³/mol. The molecule has 2 N–H and O–H groups in total. The summed E-state index contributed by atoms with van der Waals surface area (Å²) >= 11 is 0. The third kappa shape index (κ3) is 3.52. The van der Waals surface area contributed by atoms with Gasteiger partial charge in [-0.25, -0.2) is 4.98 Å². The van der Waals surface area contributed by atoms with Crippen molar-refractivity contribution in [1.82, 2.24) is 15.3 Å². The molecule has 0 spiro atoms. The second kappa shape index (κ2) is 7.33. The standard InChI is InChI=1S/C20H18N4O3/c1-26-17-11-14(4-5-16(17)27-12-13-6-9-21-10-7-13)18-23-19-15(20(25)24-18)3-2-8-22-19/h2-11,18H,12H2,1H3,(H,22,23)(H,24,25).